The van der Waals surface area contributed by atoms with E-state index in [1.807, 2.05) is 30.3 Å². The average Bonchev–Trinajstić information content (AvgIpc) is 2.43. The van der Waals surface area contributed by atoms with Crippen LogP contribution in [0.25, 0.3) is 0 Å². The molecule has 1 atom stereocenters. The molecule has 0 saturated heterocycles. The zero-order chi connectivity index (χ0) is 16.6. The van der Waals surface area contributed by atoms with Crippen molar-refractivity contribution in [2.75, 3.05) is 4.43 Å². The second-order valence-electron chi connectivity index (χ2n) is 5.85. The lowest BCUT2D eigenvalue weighted by atomic mass is 10.2. The van der Waals surface area contributed by atoms with Gasteiger partial charge in [-0.1, -0.05) is 52.9 Å². The van der Waals surface area contributed by atoms with Gasteiger partial charge in [-0.3, -0.25) is 4.79 Å². The number of amides is 1. The Labute approximate surface area is 144 Å². The van der Waals surface area contributed by atoms with Crippen LogP contribution in [0.1, 0.15) is 32.8 Å². The molecule has 0 aromatic heterocycles. The number of nitrogens with one attached hydrogen (secondary N) is 1. The maximum absolute atomic E-state index is 11.8. The summed E-state index contributed by atoms with van der Waals surface area (Å²) in [6, 6.07) is 9.16. The van der Waals surface area contributed by atoms with Crippen molar-refractivity contribution in [2.45, 2.75) is 45.4 Å². The first-order valence-corrected chi connectivity index (χ1v) is 8.58. The molecule has 0 fully saturated rings. The Morgan fingerprint density at radius 1 is 1.23 bits per heavy atom. The molecule has 6 heteroatoms. The summed E-state index contributed by atoms with van der Waals surface area (Å²) >= 11 is 2.12. The van der Waals surface area contributed by atoms with Crippen molar-refractivity contribution in [3.8, 4) is 0 Å². The van der Waals surface area contributed by atoms with Gasteiger partial charge in [0, 0.05) is 4.43 Å². The summed E-state index contributed by atoms with van der Waals surface area (Å²) in [5.74, 6) is -0.346. The monoisotopic (exact) mass is 419 g/mol. The standard InChI is InChI=1S/C16H22INO4/c1-16(2,3)22-15(20)18-13(10-17)9-14(19)21-11-12-7-5-4-6-8-12/h4-8,13H,9-11H2,1-3H3,(H,18,20)/t13-/m1/s1. The smallest absolute Gasteiger partial charge is 0.407 e. The van der Waals surface area contributed by atoms with Gasteiger partial charge in [0.2, 0.25) is 0 Å². The van der Waals surface area contributed by atoms with Crippen LogP contribution in [-0.2, 0) is 20.9 Å². The summed E-state index contributed by atoms with van der Waals surface area (Å²) in [4.78, 5) is 23.5. The van der Waals surface area contributed by atoms with E-state index in [9.17, 15) is 9.59 Å². The highest BCUT2D eigenvalue weighted by molar-refractivity contribution is 14.1. The maximum atomic E-state index is 11.8. The van der Waals surface area contributed by atoms with E-state index >= 15 is 0 Å². The van der Waals surface area contributed by atoms with Crippen molar-refractivity contribution >= 4 is 34.7 Å². The Balaban J connectivity index is 2.38. The van der Waals surface area contributed by atoms with Crippen LogP contribution in [0.2, 0.25) is 0 Å². The molecule has 1 amide bonds. The lowest BCUT2D eigenvalue weighted by Gasteiger charge is -2.22. The summed E-state index contributed by atoms with van der Waals surface area (Å²) in [6.07, 6.45) is -0.403. The van der Waals surface area contributed by atoms with Crippen molar-refractivity contribution < 1.29 is 19.1 Å². The van der Waals surface area contributed by atoms with Gasteiger partial charge in [-0.05, 0) is 26.3 Å². The molecule has 0 aliphatic rings. The minimum Gasteiger partial charge on any atom is -0.461 e. The first kappa shape index (κ1) is 18.7. The van der Waals surface area contributed by atoms with Gasteiger partial charge in [0.15, 0.2) is 0 Å². The Bertz CT molecular complexity index is 485. The van der Waals surface area contributed by atoms with Gasteiger partial charge in [-0.25, -0.2) is 4.79 Å². The zero-order valence-electron chi connectivity index (χ0n) is 13.1. The quantitative estimate of drug-likeness (QED) is 0.436. The number of esters is 1. The van der Waals surface area contributed by atoms with Crippen molar-refractivity contribution in [1.29, 1.82) is 0 Å². The van der Waals surface area contributed by atoms with Crippen molar-refractivity contribution in [3.05, 3.63) is 35.9 Å². The molecule has 0 aliphatic heterocycles. The van der Waals surface area contributed by atoms with E-state index in [-0.39, 0.29) is 25.0 Å². The fourth-order valence-corrected chi connectivity index (χ4v) is 2.15. The molecule has 0 heterocycles. The van der Waals surface area contributed by atoms with Crippen LogP contribution in [0.3, 0.4) is 0 Å². The third-order valence-corrected chi connectivity index (χ3v) is 3.63. The molecule has 1 rings (SSSR count). The fraction of sp³-hybridized carbons (Fsp3) is 0.500. The largest absolute Gasteiger partial charge is 0.461 e. The molecular formula is C16H22INO4. The molecule has 0 aliphatic carbocycles. The number of benzene rings is 1. The summed E-state index contributed by atoms with van der Waals surface area (Å²) in [5.41, 5.74) is 0.371. The summed E-state index contributed by atoms with van der Waals surface area (Å²) in [6.45, 7) is 5.61. The number of hydrogen-bond acceptors (Lipinski definition) is 4. The van der Waals surface area contributed by atoms with E-state index in [2.05, 4.69) is 27.9 Å². The molecule has 0 spiro atoms. The highest BCUT2D eigenvalue weighted by Crippen LogP contribution is 2.09. The maximum Gasteiger partial charge on any atom is 0.407 e. The molecule has 5 nitrogen and oxygen atoms in total. The second kappa shape index (κ2) is 8.97. The Morgan fingerprint density at radius 2 is 1.86 bits per heavy atom. The second-order valence-corrected chi connectivity index (χ2v) is 6.73. The van der Waals surface area contributed by atoms with E-state index in [1.165, 1.54) is 0 Å². The van der Waals surface area contributed by atoms with Crippen molar-refractivity contribution in [2.24, 2.45) is 0 Å². The van der Waals surface area contributed by atoms with Crippen LogP contribution in [-0.4, -0.2) is 28.1 Å². The number of alkyl carbamates (subject to hydrolysis) is 1. The van der Waals surface area contributed by atoms with Gasteiger partial charge in [-0.2, -0.15) is 0 Å². The van der Waals surface area contributed by atoms with E-state index in [0.717, 1.165) is 5.56 Å². The number of hydrogen-bond donors (Lipinski definition) is 1. The van der Waals surface area contributed by atoms with Gasteiger partial charge in [0.25, 0.3) is 0 Å². The van der Waals surface area contributed by atoms with E-state index in [0.29, 0.717) is 4.43 Å². The molecular weight excluding hydrogens is 397 g/mol. The van der Waals surface area contributed by atoms with Gasteiger partial charge >= 0.3 is 12.1 Å². The number of rotatable bonds is 6. The van der Waals surface area contributed by atoms with Crippen LogP contribution in [0.5, 0.6) is 0 Å². The summed E-state index contributed by atoms with van der Waals surface area (Å²) < 4.78 is 11.0. The minimum absolute atomic E-state index is 0.120. The first-order valence-electron chi connectivity index (χ1n) is 7.05. The van der Waals surface area contributed by atoms with Gasteiger partial charge in [-0.15, -0.1) is 0 Å². The van der Waals surface area contributed by atoms with Crippen molar-refractivity contribution in [3.63, 3.8) is 0 Å². The molecule has 1 N–H and O–H groups in total. The third kappa shape index (κ3) is 8.21. The van der Waals surface area contributed by atoms with Gasteiger partial charge in [0.1, 0.15) is 12.2 Å². The van der Waals surface area contributed by atoms with Crippen molar-refractivity contribution in [1.82, 2.24) is 5.32 Å². The topological polar surface area (TPSA) is 64.6 Å². The first-order chi connectivity index (χ1) is 10.3. The Morgan fingerprint density at radius 3 is 2.41 bits per heavy atom. The number of alkyl halides is 1. The van der Waals surface area contributed by atoms with Crippen LogP contribution >= 0.6 is 22.6 Å². The van der Waals surface area contributed by atoms with Crippen LogP contribution < -0.4 is 5.32 Å². The lowest BCUT2D eigenvalue weighted by molar-refractivity contribution is -0.145. The van der Waals surface area contributed by atoms with E-state index in [4.69, 9.17) is 9.47 Å². The highest BCUT2D eigenvalue weighted by atomic mass is 127. The normalized spacial score (nSPS) is 12.4. The predicted molar refractivity (Wildman–Crippen MR) is 92.9 cm³/mol. The Kier molecular flexibility index (Phi) is 7.64. The Hall–Kier alpha value is -1.31. The average molecular weight is 419 g/mol. The number of carbonyl (C=O) groups excluding carboxylic acids is 2. The number of carbonyl (C=O) groups is 2. The third-order valence-electron chi connectivity index (χ3n) is 2.56. The predicted octanol–water partition coefficient (Wildman–Crippen LogP) is 3.45. The van der Waals surface area contributed by atoms with E-state index < -0.39 is 11.7 Å². The molecule has 122 valence electrons. The van der Waals surface area contributed by atoms with Crippen LogP contribution in [0.4, 0.5) is 4.79 Å². The molecule has 1 aromatic carbocycles. The van der Waals surface area contributed by atoms with Crippen LogP contribution in [0.15, 0.2) is 30.3 Å². The molecule has 22 heavy (non-hydrogen) atoms. The minimum atomic E-state index is -0.562. The molecule has 0 unspecified atom stereocenters. The highest BCUT2D eigenvalue weighted by Gasteiger charge is 2.21. The van der Waals surface area contributed by atoms with Crippen LogP contribution in [0, 0.1) is 0 Å². The SMILES string of the molecule is CC(C)(C)OC(=O)N[C@@H](CI)CC(=O)OCc1ccccc1. The van der Waals surface area contributed by atoms with E-state index in [1.54, 1.807) is 20.8 Å². The molecule has 0 bridgehead atoms. The summed E-state index contributed by atoms with van der Waals surface area (Å²) in [7, 11) is 0. The molecule has 0 radical (unpaired) electrons. The fourth-order valence-electron chi connectivity index (χ4n) is 1.62. The zero-order valence-corrected chi connectivity index (χ0v) is 15.3. The molecule has 0 saturated carbocycles. The van der Waals surface area contributed by atoms with Gasteiger partial charge < -0.3 is 14.8 Å². The molecule has 1 aromatic rings. The number of halogens is 1. The van der Waals surface area contributed by atoms with Gasteiger partial charge in [0.05, 0.1) is 12.5 Å². The summed E-state index contributed by atoms with van der Waals surface area (Å²) in [5, 5.41) is 2.68. The number of ether oxygens (including phenoxy) is 2. The lowest BCUT2D eigenvalue weighted by Crippen LogP contribution is -2.41.